The molecule has 2 amide bonds. The van der Waals surface area contributed by atoms with Gasteiger partial charge in [0.15, 0.2) is 5.43 Å². The Balaban J connectivity index is 1.62. The number of nitrogens with zero attached hydrogens (tertiary/aromatic N) is 2. The van der Waals surface area contributed by atoms with Crippen LogP contribution >= 0.6 is 11.6 Å². The molecule has 1 heterocycles. The smallest absolute Gasteiger partial charge is 0.245 e. The third-order valence-corrected chi connectivity index (χ3v) is 6.88. The molecule has 4 aromatic rings. The van der Waals surface area contributed by atoms with E-state index in [1.54, 1.807) is 41.3 Å². The normalized spacial score (nSPS) is 11.8. The lowest BCUT2D eigenvalue weighted by molar-refractivity contribution is -0.141. The van der Waals surface area contributed by atoms with Gasteiger partial charge in [-0.05, 0) is 30.2 Å². The van der Waals surface area contributed by atoms with Crippen molar-refractivity contribution >= 4 is 34.4 Å². The van der Waals surface area contributed by atoms with Crippen molar-refractivity contribution < 1.29 is 18.7 Å². The van der Waals surface area contributed by atoms with Gasteiger partial charge in [-0.1, -0.05) is 72.3 Å². The van der Waals surface area contributed by atoms with E-state index in [9.17, 15) is 14.4 Å². The summed E-state index contributed by atoms with van der Waals surface area (Å²) in [6, 6.07) is 23.9. The molecule has 1 atom stereocenters. The Kier molecular flexibility index (Phi) is 9.52. The molecule has 39 heavy (non-hydrogen) atoms. The molecule has 3 aromatic carbocycles. The Morgan fingerprint density at radius 3 is 2.33 bits per heavy atom. The quantitative estimate of drug-likeness (QED) is 0.245. The Morgan fingerprint density at radius 1 is 0.949 bits per heavy atom. The molecule has 7 nitrogen and oxygen atoms in total. The van der Waals surface area contributed by atoms with Gasteiger partial charge in [-0.25, -0.2) is 0 Å². The van der Waals surface area contributed by atoms with Crippen LogP contribution in [0.3, 0.4) is 0 Å². The van der Waals surface area contributed by atoms with E-state index >= 15 is 0 Å². The number of rotatable bonds is 11. The monoisotopic (exact) mass is 546 g/mol. The average Bonchev–Trinajstić information content (AvgIpc) is 2.96. The van der Waals surface area contributed by atoms with Gasteiger partial charge in [0, 0.05) is 20.2 Å². The van der Waals surface area contributed by atoms with E-state index in [1.807, 2.05) is 49.4 Å². The predicted octanol–water partition coefficient (Wildman–Crippen LogP) is 5.09. The Bertz CT molecular complexity index is 1470. The molecule has 0 N–H and O–H groups in total. The van der Waals surface area contributed by atoms with E-state index < -0.39 is 11.3 Å². The number of fused-ring (bicyclic) bond motifs is 1. The minimum Gasteiger partial charge on any atom is -0.464 e. The van der Waals surface area contributed by atoms with E-state index in [-0.39, 0.29) is 44.1 Å². The number of methoxy groups -OCH3 is 1. The zero-order valence-corrected chi connectivity index (χ0v) is 22.8. The molecule has 4 rings (SSSR count). The molecule has 0 aliphatic carbocycles. The number of carbonyl (C=O) groups is 2. The molecular formula is C31H31ClN2O5. The molecule has 0 bridgehead atoms. The first kappa shape index (κ1) is 28.1. The minimum atomic E-state index is -0.950. The first-order chi connectivity index (χ1) is 18.9. The summed E-state index contributed by atoms with van der Waals surface area (Å²) < 4.78 is 10.9. The third-order valence-electron chi connectivity index (χ3n) is 6.44. The van der Waals surface area contributed by atoms with Gasteiger partial charge in [0.1, 0.15) is 11.0 Å². The second kappa shape index (κ2) is 13.2. The fourth-order valence-corrected chi connectivity index (χ4v) is 4.58. The summed E-state index contributed by atoms with van der Waals surface area (Å²) in [7, 11) is 1.53. The highest BCUT2D eigenvalue weighted by Gasteiger charge is 2.28. The highest BCUT2D eigenvalue weighted by molar-refractivity contribution is 6.30. The maximum atomic E-state index is 13.7. The van der Waals surface area contributed by atoms with E-state index in [0.29, 0.717) is 22.1 Å². The topological polar surface area (TPSA) is 80.1 Å². The van der Waals surface area contributed by atoms with Crippen molar-refractivity contribution in [3.8, 4) is 0 Å². The van der Waals surface area contributed by atoms with Gasteiger partial charge in [-0.15, -0.1) is 11.6 Å². The van der Waals surface area contributed by atoms with Gasteiger partial charge in [-0.3, -0.25) is 14.4 Å². The van der Waals surface area contributed by atoms with E-state index in [4.69, 9.17) is 20.8 Å². The largest absolute Gasteiger partial charge is 0.464 e. The number of hydrogen-bond acceptors (Lipinski definition) is 5. The Hall–Kier alpha value is -3.94. The van der Waals surface area contributed by atoms with Crippen LogP contribution in [-0.2, 0) is 27.4 Å². The van der Waals surface area contributed by atoms with Crippen molar-refractivity contribution in [2.24, 2.45) is 0 Å². The van der Waals surface area contributed by atoms with Gasteiger partial charge in [0.2, 0.25) is 11.8 Å². The summed E-state index contributed by atoms with van der Waals surface area (Å²) in [6.45, 7) is 2.39. The molecule has 0 radical (unpaired) electrons. The average molecular weight is 547 g/mol. The number of aryl methyl sites for hydroxylation is 1. The van der Waals surface area contributed by atoms with E-state index in [2.05, 4.69) is 0 Å². The van der Waals surface area contributed by atoms with Gasteiger partial charge in [-0.2, -0.15) is 0 Å². The number of benzene rings is 3. The first-order valence-electron chi connectivity index (χ1n) is 12.7. The maximum absolute atomic E-state index is 13.7. The Labute approximate surface area is 232 Å². The molecule has 0 saturated heterocycles. The van der Waals surface area contributed by atoms with Crippen molar-refractivity contribution in [2.45, 2.75) is 25.4 Å². The van der Waals surface area contributed by atoms with Gasteiger partial charge >= 0.3 is 0 Å². The van der Waals surface area contributed by atoms with Crippen LogP contribution in [0, 0.1) is 6.92 Å². The van der Waals surface area contributed by atoms with Crippen LogP contribution in [0.1, 0.15) is 27.6 Å². The van der Waals surface area contributed by atoms with Gasteiger partial charge in [0.05, 0.1) is 36.9 Å². The second-order valence-corrected chi connectivity index (χ2v) is 9.79. The molecule has 8 heteroatoms. The number of ether oxygens (including phenoxy) is 1. The van der Waals surface area contributed by atoms with Crippen LogP contribution in [0.15, 0.2) is 94.3 Å². The second-order valence-electron chi connectivity index (χ2n) is 9.35. The highest BCUT2D eigenvalue weighted by Crippen LogP contribution is 2.23. The molecule has 1 unspecified atom stereocenters. The zero-order valence-electron chi connectivity index (χ0n) is 22.0. The van der Waals surface area contributed by atoms with Crippen molar-refractivity contribution in [1.82, 2.24) is 9.80 Å². The molecule has 0 aliphatic heterocycles. The van der Waals surface area contributed by atoms with Gasteiger partial charge < -0.3 is 19.0 Å². The van der Waals surface area contributed by atoms with Crippen LogP contribution in [0.4, 0.5) is 0 Å². The summed E-state index contributed by atoms with van der Waals surface area (Å²) in [6.07, 6.45) is 1.41. The van der Waals surface area contributed by atoms with Crippen LogP contribution in [0.2, 0.25) is 0 Å². The number of hydrogen-bond donors (Lipinski definition) is 0. The SMILES string of the molecule is COCCN(CC(=O)N(Cc1ccccc1)Cc1coc2ccc(C)cc2c1=O)C(=O)C(Cl)c1ccccc1. The molecular weight excluding hydrogens is 516 g/mol. The van der Waals surface area contributed by atoms with Crippen molar-refractivity contribution in [2.75, 3.05) is 26.8 Å². The van der Waals surface area contributed by atoms with E-state index in [0.717, 1.165) is 11.1 Å². The lowest BCUT2D eigenvalue weighted by atomic mass is 10.1. The Morgan fingerprint density at radius 2 is 1.64 bits per heavy atom. The van der Waals surface area contributed by atoms with E-state index in [1.165, 1.54) is 18.3 Å². The lowest BCUT2D eigenvalue weighted by Gasteiger charge is -2.29. The summed E-state index contributed by atoms with van der Waals surface area (Å²) in [5.74, 6) is -0.724. The predicted molar refractivity (Wildman–Crippen MR) is 151 cm³/mol. The molecule has 0 aliphatic rings. The van der Waals surface area contributed by atoms with Crippen LogP contribution in [-0.4, -0.2) is 48.4 Å². The lowest BCUT2D eigenvalue weighted by Crippen LogP contribution is -2.45. The molecule has 1 aromatic heterocycles. The van der Waals surface area contributed by atoms with Gasteiger partial charge in [0.25, 0.3) is 0 Å². The summed E-state index contributed by atoms with van der Waals surface area (Å²) in [5.41, 5.74) is 3.12. The van der Waals surface area contributed by atoms with Crippen LogP contribution < -0.4 is 5.43 Å². The van der Waals surface area contributed by atoms with Crippen molar-refractivity contribution in [1.29, 1.82) is 0 Å². The minimum absolute atomic E-state index is 0.0231. The van der Waals surface area contributed by atoms with Crippen LogP contribution in [0.25, 0.3) is 11.0 Å². The highest BCUT2D eigenvalue weighted by atomic mass is 35.5. The molecule has 0 fully saturated rings. The third kappa shape index (κ3) is 7.13. The first-order valence-corrected chi connectivity index (χ1v) is 13.1. The number of alkyl halides is 1. The fourth-order valence-electron chi connectivity index (χ4n) is 4.29. The van der Waals surface area contributed by atoms with Crippen molar-refractivity contribution in [3.63, 3.8) is 0 Å². The molecule has 202 valence electrons. The summed E-state index contributed by atoms with van der Waals surface area (Å²) in [4.78, 5) is 43.4. The molecule has 0 saturated carbocycles. The number of halogens is 1. The zero-order chi connectivity index (χ0) is 27.8. The summed E-state index contributed by atoms with van der Waals surface area (Å²) in [5, 5.41) is -0.487. The molecule has 0 spiro atoms. The standard InChI is InChI=1S/C31H31ClN2O5/c1-22-13-14-27-26(17-22)30(36)25(21-39-27)19-34(18-23-9-5-3-6-10-23)28(35)20-33(15-16-38-2)31(37)29(32)24-11-7-4-8-12-24/h3-14,17,21,29H,15-16,18-20H2,1-2H3. The maximum Gasteiger partial charge on any atom is 0.245 e. The summed E-state index contributed by atoms with van der Waals surface area (Å²) >= 11 is 6.53. The van der Waals surface area contributed by atoms with Crippen molar-refractivity contribution in [3.05, 3.63) is 118 Å². The van der Waals surface area contributed by atoms with Crippen LogP contribution in [0.5, 0.6) is 0 Å². The number of carbonyl (C=O) groups excluding carboxylic acids is 2. The number of amides is 2. The fraction of sp³-hybridized carbons (Fsp3) is 0.258.